The number of hydrogen-bond donors (Lipinski definition) is 1. The van der Waals surface area contributed by atoms with Crippen molar-refractivity contribution in [2.75, 3.05) is 17.6 Å². The van der Waals surface area contributed by atoms with Gasteiger partial charge in [-0.3, -0.25) is 4.98 Å². The van der Waals surface area contributed by atoms with Gasteiger partial charge in [-0.2, -0.15) is 4.31 Å². The molecule has 0 saturated carbocycles. The van der Waals surface area contributed by atoms with Crippen LogP contribution in [0.1, 0.15) is 23.7 Å². The fraction of sp³-hybridized carbons (Fsp3) is 0.286. The molecular formula is C21H22FN5O2S. The molecule has 7 nitrogen and oxygen atoms in total. The topological polar surface area (TPSA) is 88.1 Å². The van der Waals surface area contributed by atoms with Gasteiger partial charge in [0.2, 0.25) is 10.0 Å². The quantitative estimate of drug-likeness (QED) is 0.671. The maximum Gasteiger partial charge on any atom is 0.214 e. The van der Waals surface area contributed by atoms with Gasteiger partial charge in [-0.05, 0) is 50.1 Å². The zero-order valence-electron chi connectivity index (χ0n) is 16.8. The van der Waals surface area contributed by atoms with Gasteiger partial charge < -0.3 is 5.32 Å². The lowest BCUT2D eigenvalue weighted by atomic mass is 10.0. The van der Waals surface area contributed by atoms with Gasteiger partial charge in [0.1, 0.15) is 18.0 Å². The second-order valence-corrected chi connectivity index (χ2v) is 9.41. The smallest absolute Gasteiger partial charge is 0.214 e. The van der Waals surface area contributed by atoms with Crippen LogP contribution in [0.25, 0.3) is 11.3 Å². The number of hydrogen-bond acceptors (Lipinski definition) is 6. The first-order valence-electron chi connectivity index (χ1n) is 9.67. The molecule has 0 amide bonds. The molecule has 0 fully saturated rings. The van der Waals surface area contributed by atoms with E-state index in [4.69, 9.17) is 0 Å². The van der Waals surface area contributed by atoms with Crippen LogP contribution in [0.4, 0.5) is 15.9 Å². The normalized spacial score (nSPS) is 14.4. The van der Waals surface area contributed by atoms with Crippen molar-refractivity contribution in [1.29, 1.82) is 0 Å². The summed E-state index contributed by atoms with van der Waals surface area (Å²) in [4.78, 5) is 12.9. The van der Waals surface area contributed by atoms with Crippen molar-refractivity contribution in [3.05, 3.63) is 65.5 Å². The second-order valence-electron chi connectivity index (χ2n) is 7.15. The highest BCUT2D eigenvalue weighted by Crippen LogP contribution is 2.30. The molecule has 4 rings (SSSR count). The number of aryl methyl sites for hydroxylation is 1. The minimum atomic E-state index is -3.26. The molecule has 2 aromatic heterocycles. The lowest BCUT2D eigenvalue weighted by Crippen LogP contribution is -2.37. The lowest BCUT2D eigenvalue weighted by molar-refractivity contribution is 0.386. The number of nitrogens with zero attached hydrogens (tertiary/aromatic N) is 4. The van der Waals surface area contributed by atoms with Gasteiger partial charge in [0.05, 0.1) is 29.9 Å². The Balaban J connectivity index is 1.63. The van der Waals surface area contributed by atoms with Crippen LogP contribution in [-0.4, -0.2) is 40.0 Å². The first-order chi connectivity index (χ1) is 14.4. The number of fused-ring (bicyclic) bond motifs is 1. The highest BCUT2D eigenvalue weighted by atomic mass is 32.2. The maximum absolute atomic E-state index is 13.2. The van der Waals surface area contributed by atoms with Crippen molar-refractivity contribution in [1.82, 2.24) is 19.3 Å². The molecular weight excluding hydrogens is 405 g/mol. The molecule has 9 heteroatoms. The molecule has 0 saturated heterocycles. The van der Waals surface area contributed by atoms with Crippen LogP contribution in [0.2, 0.25) is 0 Å². The van der Waals surface area contributed by atoms with Gasteiger partial charge in [0, 0.05) is 23.4 Å². The molecule has 1 aliphatic heterocycles. The third kappa shape index (κ3) is 4.03. The Morgan fingerprint density at radius 1 is 1.17 bits per heavy atom. The number of sulfonamides is 1. The molecule has 0 bridgehead atoms. The highest BCUT2D eigenvalue weighted by Gasteiger charge is 2.28. The summed E-state index contributed by atoms with van der Waals surface area (Å²) in [5.41, 5.74) is 5.03. The Hall–Kier alpha value is -2.91. The van der Waals surface area contributed by atoms with Crippen LogP contribution in [0.5, 0.6) is 0 Å². The van der Waals surface area contributed by atoms with E-state index in [0.29, 0.717) is 30.2 Å². The summed E-state index contributed by atoms with van der Waals surface area (Å²) < 4.78 is 39.1. The summed E-state index contributed by atoms with van der Waals surface area (Å²) >= 11 is 0. The monoisotopic (exact) mass is 427 g/mol. The Kier molecular flexibility index (Phi) is 5.48. The van der Waals surface area contributed by atoms with Gasteiger partial charge in [-0.1, -0.05) is 6.07 Å². The van der Waals surface area contributed by atoms with Crippen LogP contribution >= 0.6 is 0 Å². The number of nitrogens with one attached hydrogen (secondary N) is 1. The summed E-state index contributed by atoms with van der Waals surface area (Å²) in [5.74, 6) is 0.357. The van der Waals surface area contributed by atoms with Gasteiger partial charge in [0.15, 0.2) is 0 Å². The van der Waals surface area contributed by atoms with Crippen molar-refractivity contribution >= 4 is 21.5 Å². The summed E-state index contributed by atoms with van der Waals surface area (Å²) in [7, 11) is -3.26. The van der Waals surface area contributed by atoms with E-state index < -0.39 is 10.0 Å². The van der Waals surface area contributed by atoms with Crippen LogP contribution < -0.4 is 5.32 Å². The van der Waals surface area contributed by atoms with Gasteiger partial charge in [-0.15, -0.1) is 0 Å². The largest absolute Gasteiger partial charge is 0.340 e. The SMILES string of the molecule is CCS(=O)(=O)N1CCc2c(ncnc2Nc2ccc(C)c(-c3ccc(F)cn3)c2)C1. The fourth-order valence-electron chi connectivity index (χ4n) is 3.51. The first-order valence-corrected chi connectivity index (χ1v) is 11.3. The first kappa shape index (κ1) is 20.4. The zero-order valence-corrected chi connectivity index (χ0v) is 17.6. The zero-order chi connectivity index (χ0) is 21.3. The summed E-state index contributed by atoms with van der Waals surface area (Å²) in [6.45, 7) is 4.27. The summed E-state index contributed by atoms with van der Waals surface area (Å²) in [5, 5.41) is 3.33. The van der Waals surface area contributed by atoms with E-state index in [0.717, 1.165) is 22.4 Å². The average Bonchev–Trinajstić information content (AvgIpc) is 2.75. The van der Waals surface area contributed by atoms with E-state index in [1.165, 1.54) is 22.9 Å². The minimum absolute atomic E-state index is 0.0715. The van der Waals surface area contributed by atoms with Gasteiger partial charge in [0.25, 0.3) is 0 Å². The molecule has 0 spiro atoms. The average molecular weight is 428 g/mol. The molecule has 0 unspecified atom stereocenters. The fourth-order valence-corrected chi connectivity index (χ4v) is 4.56. The molecule has 0 atom stereocenters. The predicted molar refractivity (Wildman–Crippen MR) is 113 cm³/mol. The minimum Gasteiger partial charge on any atom is -0.340 e. The molecule has 30 heavy (non-hydrogen) atoms. The third-order valence-corrected chi connectivity index (χ3v) is 7.06. The van der Waals surface area contributed by atoms with Crippen molar-refractivity contribution in [3.63, 3.8) is 0 Å². The molecule has 0 radical (unpaired) electrons. The molecule has 1 aliphatic rings. The number of rotatable bonds is 5. The van der Waals surface area contributed by atoms with E-state index in [2.05, 4.69) is 20.3 Å². The Bertz CT molecular complexity index is 1180. The number of pyridine rings is 1. The summed E-state index contributed by atoms with van der Waals surface area (Å²) in [6.07, 6.45) is 3.18. The van der Waals surface area contributed by atoms with Crippen molar-refractivity contribution in [3.8, 4) is 11.3 Å². The third-order valence-electron chi connectivity index (χ3n) is 5.23. The molecule has 3 heterocycles. The number of anilines is 2. The number of aromatic nitrogens is 3. The standard InChI is InChI=1S/C21H22FN5O2S/c1-3-30(28,29)27-9-8-17-20(12-27)24-13-25-21(17)26-16-6-4-14(2)18(10-16)19-7-5-15(22)11-23-19/h4-7,10-11,13H,3,8-9,12H2,1-2H3,(H,24,25,26). The van der Waals surface area contributed by atoms with E-state index in [-0.39, 0.29) is 18.1 Å². The van der Waals surface area contributed by atoms with Crippen molar-refractivity contribution < 1.29 is 12.8 Å². The van der Waals surface area contributed by atoms with Crippen molar-refractivity contribution in [2.45, 2.75) is 26.8 Å². The van der Waals surface area contributed by atoms with E-state index in [1.807, 2.05) is 25.1 Å². The Morgan fingerprint density at radius 3 is 2.73 bits per heavy atom. The predicted octanol–water partition coefficient (Wildman–Crippen LogP) is 3.44. The second kappa shape index (κ2) is 8.08. The molecule has 1 N–H and O–H groups in total. The van der Waals surface area contributed by atoms with Gasteiger partial charge >= 0.3 is 0 Å². The Morgan fingerprint density at radius 2 is 2.00 bits per heavy atom. The van der Waals surface area contributed by atoms with Crippen LogP contribution in [0.3, 0.4) is 0 Å². The van der Waals surface area contributed by atoms with E-state index >= 15 is 0 Å². The number of halogens is 1. The Labute approximate surface area is 175 Å². The highest BCUT2D eigenvalue weighted by molar-refractivity contribution is 7.89. The van der Waals surface area contributed by atoms with Gasteiger partial charge in [-0.25, -0.2) is 22.8 Å². The van der Waals surface area contributed by atoms with Crippen LogP contribution in [0.15, 0.2) is 42.9 Å². The maximum atomic E-state index is 13.2. The summed E-state index contributed by atoms with van der Waals surface area (Å²) in [6, 6.07) is 8.88. The lowest BCUT2D eigenvalue weighted by Gasteiger charge is -2.27. The van der Waals surface area contributed by atoms with Crippen molar-refractivity contribution in [2.24, 2.45) is 0 Å². The molecule has 3 aromatic rings. The van der Waals surface area contributed by atoms with E-state index in [9.17, 15) is 12.8 Å². The van der Waals surface area contributed by atoms with Crippen LogP contribution in [-0.2, 0) is 23.0 Å². The van der Waals surface area contributed by atoms with E-state index in [1.54, 1.807) is 13.0 Å². The molecule has 0 aliphatic carbocycles. The number of benzene rings is 1. The van der Waals surface area contributed by atoms with Crippen LogP contribution in [0, 0.1) is 12.7 Å². The molecule has 1 aromatic carbocycles. The molecule has 156 valence electrons.